The van der Waals surface area contributed by atoms with E-state index in [4.69, 9.17) is 5.11 Å². The van der Waals surface area contributed by atoms with Crippen LogP contribution in [-0.2, 0) is 4.79 Å². The molecule has 1 unspecified atom stereocenters. The Labute approximate surface area is 107 Å². The molecule has 0 aliphatic rings. The average molecular weight is 253 g/mol. The molecule has 0 saturated carbocycles. The molecule has 0 amide bonds. The molecule has 0 aliphatic carbocycles. The minimum absolute atomic E-state index is 0.373. The minimum atomic E-state index is -0.739. The molecule has 1 atom stereocenters. The summed E-state index contributed by atoms with van der Waals surface area (Å²) in [6.45, 7) is 2.15. The summed E-state index contributed by atoms with van der Waals surface area (Å²) < 4.78 is 0. The Morgan fingerprint density at radius 2 is 2.24 bits per heavy atom. The summed E-state index contributed by atoms with van der Waals surface area (Å²) in [5, 5.41) is 9.56. The molecule has 0 spiro atoms. The van der Waals surface area contributed by atoms with Crippen molar-refractivity contribution in [2.24, 2.45) is 0 Å². The van der Waals surface area contributed by atoms with Gasteiger partial charge in [0.2, 0.25) is 0 Å². The van der Waals surface area contributed by atoms with Crippen molar-refractivity contribution in [1.29, 1.82) is 0 Å². The van der Waals surface area contributed by atoms with Crippen LogP contribution in [0.25, 0.3) is 0 Å². The quantitative estimate of drug-likeness (QED) is 0.568. The van der Waals surface area contributed by atoms with Gasteiger partial charge in [-0.25, -0.2) is 4.98 Å². The van der Waals surface area contributed by atoms with Gasteiger partial charge < -0.3 is 5.11 Å². The topological polar surface area (TPSA) is 50.2 Å². The first-order valence-electron chi connectivity index (χ1n) is 6.04. The molecule has 0 radical (unpaired) electrons. The standard InChI is InChI=1S/C13H19NO2S/c1-2-3-4-5-8-11(13(15)16)17-12-9-6-7-10-14-12/h6-7,9-11H,2-5,8H2,1H3,(H,15,16). The molecule has 4 heteroatoms. The van der Waals surface area contributed by atoms with Crippen LogP contribution in [0.1, 0.15) is 39.0 Å². The highest BCUT2D eigenvalue weighted by Gasteiger charge is 2.18. The Morgan fingerprint density at radius 1 is 1.41 bits per heavy atom. The largest absolute Gasteiger partial charge is 0.480 e. The summed E-state index contributed by atoms with van der Waals surface area (Å²) in [7, 11) is 0. The van der Waals surface area contributed by atoms with Crippen LogP contribution in [-0.4, -0.2) is 21.3 Å². The second kappa shape index (κ2) is 8.12. The van der Waals surface area contributed by atoms with Crippen molar-refractivity contribution < 1.29 is 9.90 Å². The molecule has 3 nitrogen and oxygen atoms in total. The number of carboxylic acid groups (broad SMARTS) is 1. The SMILES string of the molecule is CCCCCCC(Sc1ccccn1)C(=O)O. The number of nitrogens with zero attached hydrogens (tertiary/aromatic N) is 1. The molecular formula is C13H19NO2S. The van der Waals surface area contributed by atoms with Crippen LogP contribution in [0.2, 0.25) is 0 Å². The van der Waals surface area contributed by atoms with Gasteiger partial charge in [0.25, 0.3) is 0 Å². The number of rotatable bonds is 8. The van der Waals surface area contributed by atoms with Crippen LogP contribution < -0.4 is 0 Å². The van der Waals surface area contributed by atoms with Gasteiger partial charge in [-0.15, -0.1) is 0 Å². The number of hydrogen-bond donors (Lipinski definition) is 1. The Balaban J connectivity index is 2.41. The van der Waals surface area contributed by atoms with Crippen molar-refractivity contribution in [2.75, 3.05) is 0 Å². The van der Waals surface area contributed by atoms with Crippen molar-refractivity contribution in [1.82, 2.24) is 4.98 Å². The minimum Gasteiger partial charge on any atom is -0.480 e. The molecule has 17 heavy (non-hydrogen) atoms. The third kappa shape index (κ3) is 5.73. The lowest BCUT2D eigenvalue weighted by atomic mass is 10.1. The summed E-state index contributed by atoms with van der Waals surface area (Å²) in [4.78, 5) is 15.3. The highest BCUT2D eigenvalue weighted by atomic mass is 32.2. The molecule has 0 saturated heterocycles. The summed E-state index contributed by atoms with van der Waals surface area (Å²) in [6.07, 6.45) is 6.86. The van der Waals surface area contributed by atoms with E-state index in [1.807, 2.05) is 18.2 Å². The van der Waals surface area contributed by atoms with Gasteiger partial charge in [-0.3, -0.25) is 4.79 Å². The van der Waals surface area contributed by atoms with Crippen molar-refractivity contribution >= 4 is 17.7 Å². The molecular weight excluding hydrogens is 234 g/mol. The van der Waals surface area contributed by atoms with E-state index in [0.717, 1.165) is 24.3 Å². The second-order valence-electron chi connectivity index (χ2n) is 3.96. The zero-order valence-electron chi connectivity index (χ0n) is 10.1. The number of unbranched alkanes of at least 4 members (excludes halogenated alkanes) is 3. The maximum Gasteiger partial charge on any atom is 0.317 e. The van der Waals surface area contributed by atoms with Crippen LogP contribution in [0, 0.1) is 0 Å². The van der Waals surface area contributed by atoms with Gasteiger partial charge in [0, 0.05) is 6.20 Å². The van der Waals surface area contributed by atoms with E-state index >= 15 is 0 Å². The van der Waals surface area contributed by atoms with Gasteiger partial charge in [0.1, 0.15) is 5.25 Å². The Bertz CT molecular complexity index is 329. The van der Waals surface area contributed by atoms with Crippen LogP contribution in [0.15, 0.2) is 29.4 Å². The lowest BCUT2D eigenvalue weighted by molar-refractivity contribution is -0.136. The molecule has 1 heterocycles. The van der Waals surface area contributed by atoms with E-state index in [0.29, 0.717) is 0 Å². The van der Waals surface area contributed by atoms with E-state index in [-0.39, 0.29) is 5.25 Å². The van der Waals surface area contributed by atoms with Gasteiger partial charge in [0.15, 0.2) is 0 Å². The summed E-state index contributed by atoms with van der Waals surface area (Å²) in [6, 6.07) is 5.57. The summed E-state index contributed by atoms with van der Waals surface area (Å²) in [5.74, 6) is -0.739. The number of pyridine rings is 1. The van der Waals surface area contributed by atoms with Crippen LogP contribution in [0.5, 0.6) is 0 Å². The summed E-state index contributed by atoms with van der Waals surface area (Å²) in [5.41, 5.74) is 0. The van der Waals surface area contributed by atoms with E-state index in [9.17, 15) is 4.79 Å². The number of carboxylic acids is 1. The van der Waals surface area contributed by atoms with Crippen molar-refractivity contribution in [2.45, 2.75) is 49.3 Å². The predicted octanol–water partition coefficient (Wildman–Crippen LogP) is 3.60. The van der Waals surface area contributed by atoms with Gasteiger partial charge in [-0.1, -0.05) is 50.4 Å². The van der Waals surface area contributed by atoms with Crippen LogP contribution in [0.3, 0.4) is 0 Å². The van der Waals surface area contributed by atoms with E-state index in [1.54, 1.807) is 6.20 Å². The monoisotopic (exact) mass is 253 g/mol. The maximum absolute atomic E-state index is 11.1. The molecule has 0 aliphatic heterocycles. The molecule has 1 rings (SSSR count). The van der Waals surface area contributed by atoms with Crippen molar-refractivity contribution in [3.8, 4) is 0 Å². The van der Waals surface area contributed by atoms with Crippen LogP contribution >= 0.6 is 11.8 Å². The van der Waals surface area contributed by atoms with E-state index in [2.05, 4.69) is 11.9 Å². The van der Waals surface area contributed by atoms with Crippen molar-refractivity contribution in [3.05, 3.63) is 24.4 Å². The van der Waals surface area contributed by atoms with Crippen molar-refractivity contribution in [3.63, 3.8) is 0 Å². The molecule has 0 aromatic carbocycles. The van der Waals surface area contributed by atoms with Gasteiger partial charge >= 0.3 is 5.97 Å². The Morgan fingerprint density at radius 3 is 2.82 bits per heavy atom. The summed E-state index contributed by atoms with van der Waals surface area (Å²) >= 11 is 1.34. The molecule has 0 bridgehead atoms. The Kier molecular flexibility index (Phi) is 6.70. The molecule has 0 fully saturated rings. The predicted molar refractivity (Wildman–Crippen MR) is 70.3 cm³/mol. The highest BCUT2D eigenvalue weighted by molar-refractivity contribution is 8.00. The maximum atomic E-state index is 11.1. The molecule has 94 valence electrons. The fourth-order valence-electron chi connectivity index (χ4n) is 1.55. The first-order valence-corrected chi connectivity index (χ1v) is 6.92. The lowest BCUT2D eigenvalue weighted by Crippen LogP contribution is -2.16. The van der Waals surface area contributed by atoms with Gasteiger partial charge in [0.05, 0.1) is 5.03 Å². The third-order valence-electron chi connectivity index (χ3n) is 2.50. The number of hydrogen-bond acceptors (Lipinski definition) is 3. The van der Waals surface area contributed by atoms with Gasteiger partial charge in [-0.2, -0.15) is 0 Å². The number of carbonyl (C=O) groups is 1. The zero-order chi connectivity index (χ0) is 12.5. The molecule has 1 aromatic heterocycles. The smallest absolute Gasteiger partial charge is 0.317 e. The average Bonchev–Trinajstić information content (AvgIpc) is 2.34. The normalized spacial score (nSPS) is 12.3. The number of aliphatic carboxylic acids is 1. The highest BCUT2D eigenvalue weighted by Crippen LogP contribution is 2.25. The number of thioether (sulfide) groups is 1. The Hall–Kier alpha value is -1.03. The molecule has 1 N–H and O–H groups in total. The third-order valence-corrected chi connectivity index (χ3v) is 3.70. The second-order valence-corrected chi connectivity index (χ2v) is 5.19. The first kappa shape index (κ1) is 14.0. The van der Waals surface area contributed by atoms with Crippen LogP contribution in [0.4, 0.5) is 0 Å². The van der Waals surface area contributed by atoms with E-state index < -0.39 is 5.97 Å². The van der Waals surface area contributed by atoms with E-state index in [1.165, 1.54) is 24.6 Å². The molecule has 1 aromatic rings. The van der Waals surface area contributed by atoms with Gasteiger partial charge in [-0.05, 0) is 18.6 Å². The fraction of sp³-hybridized carbons (Fsp3) is 0.538. The lowest BCUT2D eigenvalue weighted by Gasteiger charge is -2.10. The number of aromatic nitrogens is 1. The zero-order valence-corrected chi connectivity index (χ0v) is 10.9. The fourth-order valence-corrected chi connectivity index (χ4v) is 2.51. The first-order chi connectivity index (χ1) is 8.24.